The molecule has 27 heavy (non-hydrogen) atoms. The molecule has 8 heteroatoms. The number of alkyl halides is 2. The maximum atomic E-state index is 13.2. The van der Waals surface area contributed by atoms with Crippen LogP contribution in [-0.4, -0.2) is 27.1 Å². The van der Waals surface area contributed by atoms with Crippen molar-refractivity contribution in [2.75, 3.05) is 12.9 Å². The van der Waals surface area contributed by atoms with Gasteiger partial charge in [0.15, 0.2) is 4.90 Å². The number of halogens is 3. The fourth-order valence-electron chi connectivity index (χ4n) is 3.14. The summed E-state index contributed by atoms with van der Waals surface area (Å²) in [7, 11) is 0. The van der Waals surface area contributed by atoms with E-state index >= 15 is 0 Å². The molecule has 0 N–H and O–H groups in total. The standard InChI is InChI=1S/C19H20ClF2NO2S2/c1-19(27(24)14-5-3-4-12(8-14)18(21)22)6-7-25-16(10-19)17-15(20)9-13(26-2)11-23-17/h3-5,8-9,11,16,18H,6-7,10H2,1-2H3. The van der Waals surface area contributed by atoms with Crippen LogP contribution in [0.15, 0.2) is 46.3 Å². The normalized spacial score (nSPS) is 24.2. The Hall–Kier alpha value is -0.860. The van der Waals surface area contributed by atoms with Gasteiger partial charge in [0.25, 0.3) is 6.43 Å². The van der Waals surface area contributed by atoms with E-state index < -0.39 is 22.3 Å². The Labute approximate surface area is 170 Å². The monoisotopic (exact) mass is 431 g/mol. The first kappa shape index (κ1) is 20.9. The van der Waals surface area contributed by atoms with Gasteiger partial charge in [-0.05, 0) is 36.5 Å². The number of hydrogen-bond acceptors (Lipinski definition) is 4. The Morgan fingerprint density at radius 3 is 2.85 bits per heavy atom. The van der Waals surface area contributed by atoms with Gasteiger partial charge in [0.2, 0.25) is 0 Å². The van der Waals surface area contributed by atoms with Crippen molar-refractivity contribution < 1.29 is 18.1 Å². The maximum Gasteiger partial charge on any atom is 0.264 e. The van der Waals surface area contributed by atoms with E-state index in [2.05, 4.69) is 4.98 Å². The summed E-state index contributed by atoms with van der Waals surface area (Å²) in [4.78, 5) is 5.80. The number of benzene rings is 1. The Balaban J connectivity index is 1.84. The molecule has 1 saturated heterocycles. The molecular formula is C19H20ClF2NO2S2. The number of aromatic nitrogens is 1. The lowest BCUT2D eigenvalue weighted by atomic mass is 9.94. The molecule has 2 aromatic rings. The molecule has 0 saturated carbocycles. The highest BCUT2D eigenvalue weighted by Gasteiger charge is 2.45. The first-order valence-electron chi connectivity index (χ1n) is 8.45. The molecular weight excluding hydrogens is 412 g/mol. The largest absolute Gasteiger partial charge is 0.611 e. The van der Waals surface area contributed by atoms with Crippen LogP contribution in [0.3, 0.4) is 0 Å². The first-order valence-corrected chi connectivity index (χ1v) is 11.2. The van der Waals surface area contributed by atoms with Crippen molar-refractivity contribution in [3.63, 3.8) is 0 Å². The van der Waals surface area contributed by atoms with Crippen LogP contribution in [0, 0.1) is 0 Å². The van der Waals surface area contributed by atoms with Gasteiger partial charge in [-0.1, -0.05) is 23.7 Å². The van der Waals surface area contributed by atoms with Crippen LogP contribution >= 0.6 is 23.4 Å². The Morgan fingerprint density at radius 1 is 1.41 bits per heavy atom. The van der Waals surface area contributed by atoms with E-state index in [9.17, 15) is 13.3 Å². The van der Waals surface area contributed by atoms with Crippen molar-refractivity contribution in [3.8, 4) is 0 Å². The van der Waals surface area contributed by atoms with Gasteiger partial charge < -0.3 is 9.29 Å². The predicted molar refractivity (Wildman–Crippen MR) is 105 cm³/mol. The third-order valence-electron chi connectivity index (χ3n) is 4.72. The van der Waals surface area contributed by atoms with Gasteiger partial charge in [-0.25, -0.2) is 8.78 Å². The number of nitrogens with zero attached hydrogens (tertiary/aromatic N) is 1. The summed E-state index contributed by atoms with van der Waals surface area (Å²) in [5, 5.41) is 0.515. The van der Waals surface area contributed by atoms with Gasteiger partial charge in [-0.2, -0.15) is 0 Å². The van der Waals surface area contributed by atoms with E-state index in [1.807, 2.05) is 19.2 Å². The molecule has 0 bridgehead atoms. The van der Waals surface area contributed by atoms with Gasteiger partial charge in [0.05, 0.1) is 17.3 Å². The van der Waals surface area contributed by atoms with Crippen molar-refractivity contribution in [1.82, 2.24) is 4.98 Å². The summed E-state index contributed by atoms with van der Waals surface area (Å²) in [5.41, 5.74) is 0.504. The minimum Gasteiger partial charge on any atom is -0.611 e. The molecule has 1 aliphatic rings. The van der Waals surface area contributed by atoms with Crippen LogP contribution in [0.5, 0.6) is 0 Å². The van der Waals surface area contributed by atoms with Crippen LogP contribution in [0.2, 0.25) is 5.02 Å². The Bertz CT molecular complexity index is 811. The smallest absolute Gasteiger partial charge is 0.264 e. The molecule has 0 spiro atoms. The number of ether oxygens (including phenoxy) is 1. The highest BCUT2D eigenvalue weighted by atomic mass is 35.5. The minimum atomic E-state index is -2.59. The molecule has 3 unspecified atom stereocenters. The third-order valence-corrected chi connectivity index (χ3v) is 7.67. The molecule has 0 radical (unpaired) electrons. The average Bonchev–Trinajstić information content (AvgIpc) is 2.67. The van der Waals surface area contributed by atoms with E-state index in [0.717, 1.165) is 4.90 Å². The van der Waals surface area contributed by atoms with Crippen LogP contribution in [0.4, 0.5) is 8.78 Å². The van der Waals surface area contributed by atoms with Crippen LogP contribution in [-0.2, 0) is 15.9 Å². The summed E-state index contributed by atoms with van der Waals surface area (Å²) in [6.45, 7) is 2.31. The van der Waals surface area contributed by atoms with Crippen molar-refractivity contribution in [1.29, 1.82) is 0 Å². The molecule has 3 rings (SSSR count). The highest BCUT2D eigenvalue weighted by Crippen LogP contribution is 2.43. The van der Waals surface area contributed by atoms with E-state index in [4.69, 9.17) is 16.3 Å². The lowest BCUT2D eigenvalue weighted by molar-refractivity contribution is -0.00215. The van der Waals surface area contributed by atoms with Crippen LogP contribution in [0.1, 0.15) is 43.6 Å². The van der Waals surface area contributed by atoms with Gasteiger partial charge >= 0.3 is 0 Å². The van der Waals surface area contributed by atoms with Gasteiger partial charge in [0.1, 0.15) is 10.9 Å². The SMILES string of the molecule is CSc1cnc(C2CC(C)([S+]([O-])c3cccc(C(F)F)c3)CCO2)c(Cl)c1. The predicted octanol–water partition coefficient (Wildman–Crippen LogP) is 5.81. The van der Waals surface area contributed by atoms with Gasteiger partial charge in [0, 0.05) is 35.6 Å². The van der Waals surface area contributed by atoms with Gasteiger partial charge in [-0.15, -0.1) is 11.8 Å². The summed E-state index contributed by atoms with van der Waals surface area (Å²) >= 11 is 6.46. The van der Waals surface area contributed by atoms with Crippen molar-refractivity contribution in [3.05, 3.63) is 52.8 Å². The van der Waals surface area contributed by atoms with E-state index in [0.29, 0.717) is 35.1 Å². The lowest BCUT2D eigenvalue weighted by Gasteiger charge is -2.38. The molecule has 1 aromatic heterocycles. The Morgan fingerprint density at radius 2 is 2.19 bits per heavy atom. The van der Waals surface area contributed by atoms with E-state index in [1.54, 1.807) is 24.0 Å². The molecule has 3 nitrogen and oxygen atoms in total. The number of pyridine rings is 1. The molecule has 146 valence electrons. The Kier molecular flexibility index (Phi) is 6.69. The topological polar surface area (TPSA) is 45.2 Å². The molecule has 0 aliphatic carbocycles. The fourth-order valence-corrected chi connectivity index (χ4v) is 5.48. The van der Waals surface area contributed by atoms with Gasteiger partial charge in [-0.3, -0.25) is 4.98 Å². The van der Waals surface area contributed by atoms with Crippen molar-refractivity contribution in [2.24, 2.45) is 0 Å². The summed E-state index contributed by atoms with van der Waals surface area (Å²) in [6, 6.07) is 7.67. The zero-order valence-corrected chi connectivity index (χ0v) is 17.3. The second kappa shape index (κ2) is 8.66. The van der Waals surface area contributed by atoms with Crippen molar-refractivity contribution in [2.45, 2.75) is 46.8 Å². The number of rotatable bonds is 5. The number of thioether (sulfide) groups is 1. The third kappa shape index (κ3) is 4.59. The summed E-state index contributed by atoms with van der Waals surface area (Å²) in [5.74, 6) is 0. The minimum absolute atomic E-state index is 0.120. The molecule has 1 aliphatic heterocycles. The zero-order chi connectivity index (χ0) is 19.6. The highest BCUT2D eigenvalue weighted by molar-refractivity contribution is 7.98. The molecule has 1 fully saturated rings. The fraction of sp³-hybridized carbons (Fsp3) is 0.421. The van der Waals surface area contributed by atoms with Crippen molar-refractivity contribution >= 4 is 34.5 Å². The summed E-state index contributed by atoms with van der Waals surface area (Å²) < 4.78 is 44.4. The second-order valence-electron chi connectivity index (χ2n) is 6.65. The maximum absolute atomic E-state index is 13.2. The lowest BCUT2D eigenvalue weighted by Crippen LogP contribution is -2.42. The second-order valence-corrected chi connectivity index (χ2v) is 9.93. The quantitative estimate of drug-likeness (QED) is 0.442. The van der Waals surface area contributed by atoms with Crippen LogP contribution in [0.25, 0.3) is 0 Å². The average molecular weight is 432 g/mol. The summed E-state index contributed by atoms with van der Waals surface area (Å²) in [6.07, 6.45) is 1.73. The molecule has 1 aromatic carbocycles. The van der Waals surface area contributed by atoms with Crippen LogP contribution < -0.4 is 0 Å². The molecule has 3 atom stereocenters. The zero-order valence-electron chi connectivity index (χ0n) is 15.0. The molecule has 0 amide bonds. The van der Waals surface area contributed by atoms with E-state index in [-0.39, 0.29) is 11.7 Å². The van der Waals surface area contributed by atoms with E-state index in [1.165, 1.54) is 18.2 Å². The molecule has 2 heterocycles. The number of hydrogen-bond donors (Lipinski definition) is 0. The first-order chi connectivity index (χ1) is 12.8.